The van der Waals surface area contributed by atoms with Gasteiger partial charge in [0, 0.05) is 24.5 Å². The van der Waals surface area contributed by atoms with Gasteiger partial charge in [-0.1, -0.05) is 18.6 Å². The monoisotopic (exact) mass is 938 g/mol. The molecule has 18 heteroatoms. The van der Waals surface area contributed by atoms with Crippen LogP contribution in [0.25, 0.3) is 16.6 Å². The van der Waals surface area contributed by atoms with Crippen molar-refractivity contribution in [3.63, 3.8) is 0 Å². The third-order valence-electron chi connectivity index (χ3n) is 11.1. The Morgan fingerprint density at radius 3 is 1.97 bits per heavy atom. The second-order valence-corrected chi connectivity index (χ2v) is 20.0. The maximum Gasteiger partial charge on any atom is 0.425 e. The van der Waals surface area contributed by atoms with Crippen molar-refractivity contribution < 1.29 is 57.2 Å². The van der Waals surface area contributed by atoms with Crippen LogP contribution in [0.1, 0.15) is 116 Å². The molecule has 68 heavy (non-hydrogen) atoms. The van der Waals surface area contributed by atoms with Gasteiger partial charge in [-0.05, 0) is 149 Å². The second kappa shape index (κ2) is 19.0. The zero-order chi connectivity index (χ0) is 49.5. The number of piperidine rings is 1. The summed E-state index contributed by atoms with van der Waals surface area (Å²) in [6, 6.07) is 15.4. The normalized spacial score (nSPS) is 15.0. The number of halogens is 1. The molecule has 0 spiro atoms. The molecule has 1 saturated heterocycles. The van der Waals surface area contributed by atoms with Crippen LogP contribution in [-0.2, 0) is 14.2 Å². The zero-order valence-electron chi connectivity index (χ0n) is 40.1. The molecule has 2 aromatic heterocycles. The van der Waals surface area contributed by atoms with Crippen LogP contribution in [0, 0.1) is 12.7 Å². The van der Waals surface area contributed by atoms with Crippen LogP contribution in [0.4, 0.5) is 35.1 Å². The number of para-hydroxylation sites is 1. The molecule has 2 fully saturated rings. The smallest absolute Gasteiger partial charge is 0.425 e. The predicted octanol–water partition coefficient (Wildman–Crippen LogP) is 11.2. The van der Waals surface area contributed by atoms with Crippen LogP contribution in [-0.4, -0.2) is 96.5 Å². The van der Waals surface area contributed by atoms with Crippen molar-refractivity contribution in [2.24, 2.45) is 0 Å². The van der Waals surface area contributed by atoms with Gasteiger partial charge in [0.2, 0.25) is 5.78 Å². The number of aromatic nitrogens is 3. The molecule has 0 bridgehead atoms. The number of nitrogens with zero attached hydrogens (tertiary/aromatic N) is 5. The number of hydrogen-bond acceptors (Lipinski definition) is 12. The van der Waals surface area contributed by atoms with Crippen LogP contribution in [0.5, 0.6) is 17.2 Å². The van der Waals surface area contributed by atoms with E-state index in [1.54, 1.807) is 87.4 Å². The standard InChI is InChI=1S/C50H59FN6O11/c1-29-24-32(18-19-39(29)65-40-17-12-11-16-35(40)51)57-43(56(46(62)67-49(5,6)7)47(63)68-50(8,9)10)34(28-52-57)42(58)38-25-30-26-41(64-33-20-22-54(23-21-33)31-14-13-15-31)36(27-37(30)55(38)45(60)61)53-44(59)66-48(2,3)4/h11-12,16-19,24-28,31,33H,13-15,20-23H2,1-10H3,(H,53,59)(H,60,61). The van der Waals surface area contributed by atoms with Crippen molar-refractivity contribution in [3.05, 3.63) is 89.5 Å². The van der Waals surface area contributed by atoms with Gasteiger partial charge in [0.05, 0.1) is 28.7 Å². The van der Waals surface area contributed by atoms with Gasteiger partial charge in [-0.3, -0.25) is 10.1 Å². The highest BCUT2D eigenvalue weighted by Crippen LogP contribution is 2.38. The fourth-order valence-electron chi connectivity index (χ4n) is 7.94. The summed E-state index contributed by atoms with van der Waals surface area (Å²) in [4.78, 5) is 73.3. The number of carbonyl (C=O) groups is 5. The Morgan fingerprint density at radius 2 is 1.41 bits per heavy atom. The highest BCUT2D eigenvalue weighted by molar-refractivity contribution is 6.19. The van der Waals surface area contributed by atoms with Crippen molar-refractivity contribution in [2.45, 2.75) is 130 Å². The molecule has 1 saturated carbocycles. The number of nitrogens with one attached hydrogen (secondary N) is 1. The maximum absolute atomic E-state index is 15.2. The lowest BCUT2D eigenvalue weighted by atomic mass is 9.90. The number of hydrogen-bond donors (Lipinski definition) is 2. The Bertz CT molecular complexity index is 2720. The number of benzene rings is 3. The third kappa shape index (κ3) is 11.2. The maximum atomic E-state index is 15.2. The lowest BCUT2D eigenvalue weighted by Crippen LogP contribution is -2.46. The van der Waals surface area contributed by atoms with Crippen LogP contribution < -0.4 is 19.7 Å². The third-order valence-corrected chi connectivity index (χ3v) is 11.1. The second-order valence-electron chi connectivity index (χ2n) is 20.0. The van der Waals surface area contributed by atoms with E-state index in [0.717, 1.165) is 41.4 Å². The fraction of sp³-hybridized carbons (Fsp3) is 0.440. The van der Waals surface area contributed by atoms with E-state index in [1.165, 1.54) is 61.7 Å². The number of anilines is 2. The molecular weight excluding hydrogens is 880 g/mol. The summed E-state index contributed by atoms with van der Waals surface area (Å²) in [6.07, 6.45) is 1.07. The first-order chi connectivity index (χ1) is 31.9. The number of amides is 3. The predicted molar refractivity (Wildman–Crippen MR) is 251 cm³/mol. The van der Waals surface area contributed by atoms with E-state index >= 15 is 4.79 Å². The van der Waals surface area contributed by atoms with Gasteiger partial charge in [-0.25, -0.2) is 32.8 Å². The molecule has 3 heterocycles. The molecule has 2 aliphatic rings. The van der Waals surface area contributed by atoms with E-state index in [0.29, 0.717) is 16.5 Å². The number of imide groups is 1. The molecule has 1 aliphatic carbocycles. The Morgan fingerprint density at radius 1 is 0.779 bits per heavy atom. The molecule has 3 aromatic carbocycles. The van der Waals surface area contributed by atoms with Crippen LogP contribution in [0.15, 0.2) is 66.9 Å². The van der Waals surface area contributed by atoms with Crippen molar-refractivity contribution in [1.82, 2.24) is 19.2 Å². The van der Waals surface area contributed by atoms with Crippen molar-refractivity contribution in [3.8, 4) is 22.9 Å². The summed E-state index contributed by atoms with van der Waals surface area (Å²) in [5.41, 5.74) is -3.15. The number of rotatable bonds is 10. The van der Waals surface area contributed by atoms with Gasteiger partial charge >= 0.3 is 24.4 Å². The minimum atomic E-state index is -1.56. The van der Waals surface area contributed by atoms with Crippen LogP contribution >= 0.6 is 0 Å². The average Bonchev–Trinajstić information content (AvgIpc) is 3.79. The summed E-state index contributed by atoms with van der Waals surface area (Å²) < 4.78 is 45.9. The first-order valence-corrected chi connectivity index (χ1v) is 22.6. The molecule has 0 radical (unpaired) electrons. The fourth-order valence-corrected chi connectivity index (χ4v) is 7.94. The van der Waals surface area contributed by atoms with Crippen molar-refractivity contribution >= 4 is 52.6 Å². The van der Waals surface area contributed by atoms with Crippen LogP contribution in [0.2, 0.25) is 0 Å². The number of fused-ring (bicyclic) bond motifs is 1. The number of ketones is 1. The Hall–Kier alpha value is -6.95. The number of ether oxygens (including phenoxy) is 5. The topological polar surface area (TPSA) is 193 Å². The molecule has 2 N–H and O–H groups in total. The molecule has 1 aliphatic heterocycles. The van der Waals surface area contributed by atoms with Gasteiger partial charge in [0.15, 0.2) is 17.4 Å². The number of aryl methyl sites for hydroxylation is 1. The first kappa shape index (κ1) is 49.0. The summed E-state index contributed by atoms with van der Waals surface area (Å²) >= 11 is 0. The van der Waals surface area contributed by atoms with E-state index < -0.39 is 69.9 Å². The van der Waals surface area contributed by atoms with Crippen molar-refractivity contribution in [2.75, 3.05) is 23.3 Å². The lowest BCUT2D eigenvalue weighted by Gasteiger charge is -2.41. The Labute approximate surface area is 394 Å². The van der Waals surface area contributed by atoms with Gasteiger partial charge in [-0.2, -0.15) is 10.00 Å². The van der Waals surface area contributed by atoms with Gasteiger partial charge < -0.3 is 33.7 Å². The van der Waals surface area contributed by atoms with Crippen molar-refractivity contribution in [1.29, 1.82) is 0 Å². The van der Waals surface area contributed by atoms with Crippen LogP contribution in [0.3, 0.4) is 0 Å². The Kier molecular flexibility index (Phi) is 13.7. The largest absolute Gasteiger partial charge is 0.488 e. The molecule has 17 nitrogen and oxygen atoms in total. The summed E-state index contributed by atoms with van der Waals surface area (Å²) in [7, 11) is 0. The van der Waals surface area contributed by atoms with E-state index in [1.807, 2.05) is 0 Å². The van der Waals surface area contributed by atoms with E-state index in [2.05, 4.69) is 15.3 Å². The molecule has 3 amide bonds. The molecule has 7 rings (SSSR count). The number of likely N-dealkylation sites (tertiary alicyclic amines) is 1. The molecule has 5 aromatic rings. The summed E-state index contributed by atoms with van der Waals surface area (Å²) in [5, 5.41) is 18.3. The molecular formula is C50H59FN6O11. The lowest BCUT2D eigenvalue weighted by molar-refractivity contribution is 0.0426. The average molecular weight is 939 g/mol. The highest BCUT2D eigenvalue weighted by atomic mass is 19.1. The van der Waals surface area contributed by atoms with Gasteiger partial charge in [-0.15, -0.1) is 0 Å². The molecule has 0 unspecified atom stereocenters. The SMILES string of the molecule is Cc1cc(-n2ncc(C(=O)c3cc4cc(OC5CCN(C6CCC6)CC5)c(NC(=O)OC(C)(C)C)cc4n3C(=O)O)c2N(C(=O)OC(C)(C)C)C(=O)OC(C)(C)C)ccc1Oc1ccccc1F. The summed E-state index contributed by atoms with van der Waals surface area (Å²) in [6.45, 7) is 18.0. The van der Waals surface area contributed by atoms with Gasteiger partial charge in [0.1, 0.15) is 40.1 Å². The molecule has 362 valence electrons. The summed E-state index contributed by atoms with van der Waals surface area (Å²) in [5.74, 6) is -1.51. The highest BCUT2D eigenvalue weighted by Gasteiger charge is 2.40. The first-order valence-electron chi connectivity index (χ1n) is 22.6. The van der Waals surface area contributed by atoms with E-state index in [9.17, 15) is 28.7 Å². The van der Waals surface area contributed by atoms with Gasteiger partial charge in [0.25, 0.3) is 0 Å². The zero-order valence-corrected chi connectivity index (χ0v) is 40.1. The quantitative estimate of drug-likeness (QED) is 0.0993. The minimum absolute atomic E-state index is 0.00482. The van der Waals surface area contributed by atoms with E-state index in [4.69, 9.17) is 23.7 Å². The number of carbonyl (C=O) groups excluding carboxylic acids is 4. The number of carboxylic acid groups (broad SMARTS) is 1. The minimum Gasteiger partial charge on any atom is -0.488 e. The molecule has 0 atom stereocenters. The van der Waals surface area contributed by atoms with E-state index in [-0.39, 0.29) is 45.6 Å². The Balaban J connectivity index is 1.36.